The van der Waals surface area contributed by atoms with Gasteiger partial charge >= 0.3 is 0 Å². The third-order valence-corrected chi connectivity index (χ3v) is 1.08. The lowest BCUT2D eigenvalue weighted by Gasteiger charge is -1.99. The van der Waals surface area contributed by atoms with Crippen molar-refractivity contribution in [3.63, 3.8) is 0 Å². The summed E-state index contributed by atoms with van der Waals surface area (Å²) in [4.78, 5) is 18.3. The second-order valence-electron chi connectivity index (χ2n) is 2.15. The van der Waals surface area contributed by atoms with Crippen LogP contribution in [0.2, 0.25) is 0 Å². The fourth-order valence-electron chi connectivity index (χ4n) is 0.605. The number of ketones is 1. The summed E-state index contributed by atoms with van der Waals surface area (Å²) < 4.78 is 0. The summed E-state index contributed by atoms with van der Waals surface area (Å²) in [5.41, 5.74) is 0. The van der Waals surface area contributed by atoms with E-state index < -0.39 is 0 Å². The molecule has 1 aromatic heterocycles. The number of Topliss-reactive ketones (excluding diaryl/α,β-unsaturated/α-hetero) is 1. The van der Waals surface area contributed by atoms with Crippen LogP contribution >= 0.6 is 0 Å². The van der Waals surface area contributed by atoms with Crippen molar-refractivity contribution >= 4 is 11.6 Å². The minimum Gasteiger partial charge on any atom is -0.362 e. The van der Waals surface area contributed by atoms with Crippen molar-refractivity contribution < 1.29 is 4.79 Å². The van der Waals surface area contributed by atoms with E-state index in [-0.39, 0.29) is 5.78 Å². The molecule has 0 aliphatic carbocycles. The van der Waals surface area contributed by atoms with E-state index in [2.05, 4.69) is 15.3 Å². The van der Waals surface area contributed by atoms with Crippen LogP contribution in [0.25, 0.3) is 0 Å². The van der Waals surface area contributed by atoms with Gasteiger partial charge in [-0.3, -0.25) is 9.78 Å². The van der Waals surface area contributed by atoms with Gasteiger partial charge in [-0.1, -0.05) is 0 Å². The molecule has 0 aromatic carbocycles. The molecule has 1 aromatic rings. The topological polar surface area (TPSA) is 54.9 Å². The summed E-state index contributed by atoms with van der Waals surface area (Å²) in [6.07, 6.45) is 4.73. The Balaban J connectivity index is 2.45. The Morgan fingerprint density at radius 3 is 3.00 bits per heavy atom. The highest BCUT2D eigenvalue weighted by atomic mass is 16.1. The van der Waals surface area contributed by atoms with Crippen molar-refractivity contribution in [1.29, 1.82) is 0 Å². The first kappa shape index (κ1) is 7.65. The summed E-state index contributed by atoms with van der Waals surface area (Å²) in [5.74, 6) is 0.707. The van der Waals surface area contributed by atoms with Gasteiger partial charge in [0.1, 0.15) is 11.6 Å². The van der Waals surface area contributed by atoms with Crippen LogP contribution in [0.15, 0.2) is 18.6 Å². The van der Waals surface area contributed by atoms with Crippen molar-refractivity contribution in [2.24, 2.45) is 0 Å². The van der Waals surface area contributed by atoms with Crippen molar-refractivity contribution in [2.45, 2.75) is 6.92 Å². The normalized spacial score (nSPS) is 9.18. The maximum atomic E-state index is 10.5. The van der Waals surface area contributed by atoms with E-state index in [4.69, 9.17) is 0 Å². The maximum Gasteiger partial charge on any atom is 0.148 e. The summed E-state index contributed by atoms with van der Waals surface area (Å²) in [5, 5.41) is 2.82. The number of hydrogen-bond acceptors (Lipinski definition) is 4. The molecule has 0 aliphatic heterocycles. The Morgan fingerprint density at radius 1 is 1.64 bits per heavy atom. The average Bonchev–Trinajstić information content (AvgIpc) is 2.03. The molecule has 0 saturated heterocycles. The monoisotopic (exact) mass is 151 g/mol. The van der Waals surface area contributed by atoms with Crippen LogP contribution in [0.5, 0.6) is 0 Å². The number of rotatable bonds is 3. The molecule has 0 fully saturated rings. The first-order chi connectivity index (χ1) is 5.29. The van der Waals surface area contributed by atoms with Gasteiger partial charge in [0.25, 0.3) is 0 Å². The summed E-state index contributed by atoms with van der Waals surface area (Å²) in [6.45, 7) is 1.82. The Morgan fingerprint density at radius 2 is 2.45 bits per heavy atom. The maximum absolute atomic E-state index is 10.5. The Hall–Kier alpha value is -1.45. The number of nitrogens with one attached hydrogen (secondary N) is 1. The van der Waals surface area contributed by atoms with Crippen LogP contribution in [-0.2, 0) is 4.79 Å². The van der Waals surface area contributed by atoms with E-state index in [1.165, 1.54) is 6.92 Å². The highest BCUT2D eigenvalue weighted by Gasteiger charge is 1.93. The largest absolute Gasteiger partial charge is 0.362 e. The fourth-order valence-corrected chi connectivity index (χ4v) is 0.605. The number of aromatic nitrogens is 2. The zero-order valence-electron chi connectivity index (χ0n) is 6.24. The van der Waals surface area contributed by atoms with E-state index in [9.17, 15) is 4.79 Å². The summed E-state index contributed by atoms with van der Waals surface area (Å²) in [7, 11) is 0. The van der Waals surface area contributed by atoms with Crippen molar-refractivity contribution in [3.8, 4) is 0 Å². The first-order valence-corrected chi connectivity index (χ1v) is 3.28. The smallest absolute Gasteiger partial charge is 0.148 e. The van der Waals surface area contributed by atoms with E-state index in [1.807, 2.05) is 0 Å². The minimum absolute atomic E-state index is 0.0793. The van der Waals surface area contributed by atoms with Gasteiger partial charge < -0.3 is 5.32 Å². The molecule has 0 saturated carbocycles. The van der Waals surface area contributed by atoms with Gasteiger partial charge in [-0.05, 0) is 6.92 Å². The molecule has 0 aliphatic rings. The quantitative estimate of drug-likeness (QED) is 0.682. The summed E-state index contributed by atoms with van der Waals surface area (Å²) in [6, 6.07) is 0. The molecule has 11 heavy (non-hydrogen) atoms. The Kier molecular flexibility index (Phi) is 2.54. The van der Waals surface area contributed by atoms with Gasteiger partial charge in [0.2, 0.25) is 0 Å². The lowest BCUT2D eigenvalue weighted by Crippen LogP contribution is -2.10. The van der Waals surface area contributed by atoms with Gasteiger partial charge in [-0.25, -0.2) is 4.98 Å². The molecule has 4 heteroatoms. The zero-order valence-corrected chi connectivity index (χ0v) is 6.24. The molecular formula is C7H9N3O. The SMILES string of the molecule is CC(=O)CNc1cnccn1. The van der Waals surface area contributed by atoms with Crippen LogP contribution in [0.1, 0.15) is 6.92 Å². The van der Waals surface area contributed by atoms with Gasteiger partial charge in [0.05, 0.1) is 12.7 Å². The predicted octanol–water partition coefficient (Wildman–Crippen LogP) is 0.477. The molecular weight excluding hydrogens is 142 g/mol. The number of nitrogens with zero attached hydrogens (tertiary/aromatic N) is 2. The molecule has 58 valence electrons. The van der Waals surface area contributed by atoms with E-state index >= 15 is 0 Å². The van der Waals surface area contributed by atoms with Gasteiger partial charge in [0.15, 0.2) is 0 Å². The minimum atomic E-state index is 0.0793. The van der Waals surface area contributed by atoms with E-state index in [1.54, 1.807) is 18.6 Å². The van der Waals surface area contributed by atoms with Crippen molar-refractivity contribution in [3.05, 3.63) is 18.6 Å². The number of anilines is 1. The fraction of sp³-hybridized carbons (Fsp3) is 0.286. The molecule has 0 atom stereocenters. The van der Waals surface area contributed by atoms with E-state index in [0.29, 0.717) is 12.4 Å². The molecule has 0 bridgehead atoms. The highest BCUT2D eigenvalue weighted by molar-refractivity contribution is 5.79. The van der Waals surface area contributed by atoms with Gasteiger partial charge in [-0.15, -0.1) is 0 Å². The second-order valence-corrected chi connectivity index (χ2v) is 2.15. The van der Waals surface area contributed by atoms with Crippen molar-refractivity contribution in [1.82, 2.24) is 9.97 Å². The molecule has 1 N–H and O–H groups in total. The molecule has 0 spiro atoms. The lowest BCUT2D eigenvalue weighted by molar-refractivity contribution is -0.115. The number of hydrogen-bond donors (Lipinski definition) is 1. The molecule has 0 unspecified atom stereocenters. The first-order valence-electron chi connectivity index (χ1n) is 3.28. The lowest BCUT2D eigenvalue weighted by atomic mass is 10.4. The molecule has 1 rings (SSSR count). The van der Waals surface area contributed by atoms with Gasteiger partial charge in [-0.2, -0.15) is 0 Å². The van der Waals surface area contributed by atoms with Crippen LogP contribution in [0, 0.1) is 0 Å². The predicted molar refractivity (Wildman–Crippen MR) is 41.2 cm³/mol. The summed E-state index contributed by atoms with van der Waals surface area (Å²) >= 11 is 0. The second kappa shape index (κ2) is 3.65. The molecule has 0 radical (unpaired) electrons. The standard InChI is InChI=1S/C7H9N3O/c1-6(11)4-10-7-5-8-2-3-9-7/h2-3,5H,4H2,1H3,(H,9,10). The van der Waals surface area contributed by atoms with Crippen molar-refractivity contribution in [2.75, 3.05) is 11.9 Å². The average molecular weight is 151 g/mol. The number of carbonyl (C=O) groups is 1. The van der Waals surface area contributed by atoms with Crippen LogP contribution < -0.4 is 5.32 Å². The van der Waals surface area contributed by atoms with Crippen LogP contribution in [0.4, 0.5) is 5.82 Å². The highest BCUT2D eigenvalue weighted by Crippen LogP contribution is 1.94. The Bertz CT molecular complexity index is 235. The molecule has 4 nitrogen and oxygen atoms in total. The van der Waals surface area contributed by atoms with Gasteiger partial charge in [0, 0.05) is 12.4 Å². The third kappa shape index (κ3) is 2.75. The molecule has 1 heterocycles. The van der Waals surface area contributed by atoms with Crippen LogP contribution in [-0.4, -0.2) is 22.3 Å². The number of carbonyl (C=O) groups excluding carboxylic acids is 1. The Labute approximate surface area is 64.7 Å². The third-order valence-electron chi connectivity index (χ3n) is 1.08. The zero-order chi connectivity index (χ0) is 8.10. The van der Waals surface area contributed by atoms with E-state index in [0.717, 1.165) is 0 Å². The molecule has 0 amide bonds. The van der Waals surface area contributed by atoms with Crippen LogP contribution in [0.3, 0.4) is 0 Å².